The second-order valence-electron chi connectivity index (χ2n) is 2.37. The Hall–Kier alpha value is -0.440. The first-order chi connectivity index (χ1) is 5.24. The Balaban J connectivity index is 0.00000121. The van der Waals surface area contributed by atoms with Crippen LogP contribution in [0.1, 0.15) is 5.56 Å². The van der Waals surface area contributed by atoms with Crippen LogP contribution in [0.5, 0.6) is 0 Å². The molecule has 0 aliphatic heterocycles. The number of rotatable bonds is 2. The van der Waals surface area contributed by atoms with E-state index in [2.05, 4.69) is 5.32 Å². The van der Waals surface area contributed by atoms with E-state index in [0.717, 1.165) is 22.8 Å². The monoisotopic (exact) mass is 206 g/mol. The third kappa shape index (κ3) is 2.89. The Kier molecular flexibility index (Phi) is 5.06. The summed E-state index contributed by atoms with van der Waals surface area (Å²) in [4.78, 5) is 0. The maximum absolute atomic E-state index is 5.77. The highest BCUT2D eigenvalue weighted by Crippen LogP contribution is 2.17. The zero-order valence-corrected chi connectivity index (χ0v) is 8.38. The molecule has 1 rings (SSSR count). The lowest BCUT2D eigenvalue weighted by molar-refractivity contribution is 0.820. The predicted octanol–water partition coefficient (Wildman–Crippen LogP) is 2.06. The van der Waals surface area contributed by atoms with Gasteiger partial charge in [-0.05, 0) is 30.8 Å². The van der Waals surface area contributed by atoms with E-state index in [0.29, 0.717) is 0 Å². The highest BCUT2D eigenvalue weighted by molar-refractivity contribution is 6.30. The first-order valence-electron chi connectivity index (χ1n) is 3.42. The Morgan fingerprint density at radius 1 is 1.50 bits per heavy atom. The quantitative estimate of drug-likeness (QED) is 0.728. The van der Waals surface area contributed by atoms with Crippen molar-refractivity contribution >= 4 is 29.7 Å². The van der Waals surface area contributed by atoms with Crippen molar-refractivity contribution in [1.82, 2.24) is 5.32 Å². The van der Waals surface area contributed by atoms with Gasteiger partial charge in [0, 0.05) is 17.3 Å². The molecular formula is C8H12Cl2N2. The van der Waals surface area contributed by atoms with Crippen molar-refractivity contribution in [3.63, 3.8) is 0 Å². The first kappa shape index (κ1) is 11.6. The average molecular weight is 207 g/mol. The van der Waals surface area contributed by atoms with E-state index in [1.54, 1.807) is 6.07 Å². The van der Waals surface area contributed by atoms with Gasteiger partial charge in [-0.2, -0.15) is 0 Å². The lowest BCUT2D eigenvalue weighted by Gasteiger charge is -2.04. The van der Waals surface area contributed by atoms with Crippen LogP contribution in [0.3, 0.4) is 0 Å². The van der Waals surface area contributed by atoms with E-state index in [9.17, 15) is 0 Å². The molecule has 4 heteroatoms. The van der Waals surface area contributed by atoms with Crippen molar-refractivity contribution < 1.29 is 0 Å². The van der Waals surface area contributed by atoms with Crippen LogP contribution in [0.25, 0.3) is 0 Å². The van der Waals surface area contributed by atoms with Gasteiger partial charge in [-0.1, -0.05) is 11.6 Å². The van der Waals surface area contributed by atoms with Gasteiger partial charge in [0.2, 0.25) is 0 Å². The molecule has 2 nitrogen and oxygen atoms in total. The van der Waals surface area contributed by atoms with Gasteiger partial charge in [0.15, 0.2) is 0 Å². The molecule has 0 atom stereocenters. The number of hydrogen-bond donors (Lipinski definition) is 2. The number of benzene rings is 1. The topological polar surface area (TPSA) is 38.0 Å². The zero-order valence-electron chi connectivity index (χ0n) is 6.80. The maximum Gasteiger partial charge on any atom is 0.0410 e. The van der Waals surface area contributed by atoms with Crippen LogP contribution in [0.4, 0.5) is 5.69 Å². The summed E-state index contributed by atoms with van der Waals surface area (Å²) < 4.78 is 0. The van der Waals surface area contributed by atoms with E-state index in [1.165, 1.54) is 0 Å². The lowest BCUT2D eigenvalue weighted by Crippen LogP contribution is -2.07. The van der Waals surface area contributed by atoms with Gasteiger partial charge < -0.3 is 11.1 Å². The molecular weight excluding hydrogens is 195 g/mol. The number of halogens is 2. The van der Waals surface area contributed by atoms with Crippen molar-refractivity contribution in [2.75, 3.05) is 12.8 Å². The predicted molar refractivity (Wildman–Crippen MR) is 55.9 cm³/mol. The molecule has 0 heterocycles. The van der Waals surface area contributed by atoms with Gasteiger partial charge in [-0.3, -0.25) is 0 Å². The van der Waals surface area contributed by atoms with E-state index >= 15 is 0 Å². The third-order valence-electron chi connectivity index (χ3n) is 1.47. The van der Waals surface area contributed by atoms with E-state index in [1.807, 2.05) is 19.2 Å². The van der Waals surface area contributed by atoms with E-state index < -0.39 is 0 Å². The van der Waals surface area contributed by atoms with Gasteiger partial charge in [-0.15, -0.1) is 12.4 Å². The van der Waals surface area contributed by atoms with Gasteiger partial charge in [0.1, 0.15) is 0 Å². The second-order valence-corrected chi connectivity index (χ2v) is 2.81. The number of nitrogen functional groups attached to an aromatic ring is 1. The standard InChI is InChI=1S/C8H11ClN2.ClH/c1-11-5-6-4-7(9)2-3-8(6)10;/h2-4,11H,5,10H2,1H3;1H. The number of hydrogen-bond acceptors (Lipinski definition) is 2. The molecule has 0 saturated carbocycles. The summed E-state index contributed by atoms with van der Waals surface area (Å²) in [5, 5.41) is 3.74. The minimum Gasteiger partial charge on any atom is -0.398 e. The van der Waals surface area contributed by atoms with Crippen molar-refractivity contribution in [2.24, 2.45) is 0 Å². The first-order valence-corrected chi connectivity index (χ1v) is 3.80. The summed E-state index contributed by atoms with van der Waals surface area (Å²) in [5.41, 5.74) is 7.50. The van der Waals surface area contributed by atoms with Gasteiger partial charge in [0.25, 0.3) is 0 Å². The Labute approximate surface area is 83.5 Å². The van der Waals surface area contributed by atoms with E-state index in [-0.39, 0.29) is 12.4 Å². The largest absolute Gasteiger partial charge is 0.398 e. The summed E-state index contributed by atoms with van der Waals surface area (Å²) in [6.45, 7) is 0.756. The summed E-state index contributed by atoms with van der Waals surface area (Å²) >= 11 is 5.77. The molecule has 68 valence electrons. The minimum atomic E-state index is 0. The average Bonchev–Trinajstić information content (AvgIpc) is 1.98. The van der Waals surface area contributed by atoms with Gasteiger partial charge in [0.05, 0.1) is 0 Å². The van der Waals surface area contributed by atoms with Gasteiger partial charge in [-0.25, -0.2) is 0 Å². The summed E-state index contributed by atoms with van der Waals surface area (Å²) in [7, 11) is 1.88. The molecule has 12 heavy (non-hydrogen) atoms. The molecule has 0 aliphatic carbocycles. The minimum absolute atomic E-state index is 0. The summed E-state index contributed by atoms with van der Waals surface area (Å²) in [5.74, 6) is 0. The highest BCUT2D eigenvalue weighted by atomic mass is 35.5. The number of anilines is 1. The molecule has 3 N–H and O–H groups in total. The fourth-order valence-electron chi connectivity index (χ4n) is 0.918. The fourth-order valence-corrected chi connectivity index (χ4v) is 1.11. The molecule has 0 radical (unpaired) electrons. The summed E-state index contributed by atoms with van der Waals surface area (Å²) in [6, 6.07) is 5.47. The summed E-state index contributed by atoms with van der Waals surface area (Å²) in [6.07, 6.45) is 0. The zero-order chi connectivity index (χ0) is 8.27. The highest BCUT2D eigenvalue weighted by Gasteiger charge is 1.97. The molecule has 0 spiro atoms. The Bertz CT molecular complexity index is 251. The molecule has 0 amide bonds. The van der Waals surface area contributed by atoms with Crippen molar-refractivity contribution in [2.45, 2.75) is 6.54 Å². The molecule has 0 bridgehead atoms. The van der Waals surface area contributed by atoms with Gasteiger partial charge >= 0.3 is 0 Å². The molecule has 0 fully saturated rings. The smallest absolute Gasteiger partial charge is 0.0410 e. The molecule has 1 aromatic carbocycles. The second kappa shape index (κ2) is 5.25. The fraction of sp³-hybridized carbons (Fsp3) is 0.250. The van der Waals surface area contributed by atoms with Crippen LogP contribution in [-0.4, -0.2) is 7.05 Å². The normalized spacial score (nSPS) is 9.17. The van der Waals surface area contributed by atoms with Crippen molar-refractivity contribution in [1.29, 1.82) is 0 Å². The SMILES string of the molecule is CNCc1cc(Cl)ccc1N.Cl. The Morgan fingerprint density at radius 2 is 2.17 bits per heavy atom. The maximum atomic E-state index is 5.77. The van der Waals surface area contributed by atoms with Crippen LogP contribution in [0, 0.1) is 0 Å². The molecule has 0 aliphatic rings. The molecule has 0 aromatic heterocycles. The number of nitrogens with one attached hydrogen (secondary N) is 1. The van der Waals surface area contributed by atoms with Crippen LogP contribution in [-0.2, 0) is 6.54 Å². The van der Waals surface area contributed by atoms with E-state index in [4.69, 9.17) is 17.3 Å². The Morgan fingerprint density at radius 3 is 2.75 bits per heavy atom. The van der Waals surface area contributed by atoms with Crippen LogP contribution >= 0.6 is 24.0 Å². The van der Waals surface area contributed by atoms with Crippen molar-refractivity contribution in [3.05, 3.63) is 28.8 Å². The molecule has 0 unspecified atom stereocenters. The molecule has 0 saturated heterocycles. The van der Waals surface area contributed by atoms with Crippen LogP contribution in [0.2, 0.25) is 5.02 Å². The van der Waals surface area contributed by atoms with Crippen LogP contribution in [0.15, 0.2) is 18.2 Å². The molecule has 1 aromatic rings. The number of nitrogens with two attached hydrogens (primary N) is 1. The van der Waals surface area contributed by atoms with Crippen LogP contribution < -0.4 is 11.1 Å². The lowest BCUT2D eigenvalue weighted by atomic mass is 10.2. The van der Waals surface area contributed by atoms with Crippen molar-refractivity contribution in [3.8, 4) is 0 Å². The third-order valence-corrected chi connectivity index (χ3v) is 1.71.